The van der Waals surface area contributed by atoms with Gasteiger partial charge in [-0.1, -0.05) is 64.1 Å². The lowest BCUT2D eigenvalue weighted by molar-refractivity contribution is -0.164. The van der Waals surface area contributed by atoms with Crippen LogP contribution in [0.1, 0.15) is 50.8 Å². The van der Waals surface area contributed by atoms with Gasteiger partial charge in [-0.2, -0.15) is 0 Å². The number of carbonyl (C=O) groups excluding carboxylic acids is 5. The molecule has 3 rings (SSSR count). The Hall–Kier alpha value is -5.63. The first-order chi connectivity index (χ1) is 27.4. The molecule has 0 saturated carbocycles. The van der Waals surface area contributed by atoms with E-state index in [1.54, 1.807) is 83.3 Å². The molecule has 6 atom stereocenters. The molecule has 0 heterocycles. The standard InChI is InChI=1S/C44H60N4O10/c1-11-28(4)39(58-44(55)36(46(5)6)25-31-16-22-34(56-9)23-17-31)40(51)45-38(27(2)3)42(53)47(7)35(24-29-12-18-32(49)19-13-29)41(52)48(8)37(43(54)57-10)26-30-14-20-33(50)21-15-30/h12-23,27-28,35-39,49-50H,11,24-26H2,1-10H3,(H,45,51)/t28-,35+,36+,37+,38-,39-/m0/s1. The van der Waals surface area contributed by atoms with Crippen molar-refractivity contribution in [2.24, 2.45) is 11.8 Å². The first-order valence-corrected chi connectivity index (χ1v) is 19.4. The van der Waals surface area contributed by atoms with Crippen molar-refractivity contribution in [3.8, 4) is 17.2 Å². The van der Waals surface area contributed by atoms with Crippen LogP contribution in [-0.2, 0) is 52.7 Å². The molecule has 0 aliphatic rings. The zero-order valence-corrected chi connectivity index (χ0v) is 35.3. The van der Waals surface area contributed by atoms with Gasteiger partial charge in [-0.15, -0.1) is 0 Å². The van der Waals surface area contributed by atoms with Crippen molar-refractivity contribution < 1.29 is 48.4 Å². The van der Waals surface area contributed by atoms with Crippen LogP contribution in [0.4, 0.5) is 0 Å². The van der Waals surface area contributed by atoms with Crippen molar-refractivity contribution in [1.29, 1.82) is 0 Å². The van der Waals surface area contributed by atoms with Crippen molar-refractivity contribution in [2.45, 2.75) is 83.6 Å². The molecule has 0 aliphatic heterocycles. The lowest BCUT2D eigenvalue weighted by Crippen LogP contribution is -2.59. The molecule has 0 unspecified atom stereocenters. The summed E-state index contributed by atoms with van der Waals surface area (Å²) >= 11 is 0. The van der Waals surface area contributed by atoms with Gasteiger partial charge in [-0.3, -0.25) is 24.1 Å². The lowest BCUT2D eigenvalue weighted by Gasteiger charge is -2.36. The minimum atomic E-state index is -1.23. The number of amides is 3. The van der Waals surface area contributed by atoms with Gasteiger partial charge in [-0.25, -0.2) is 4.79 Å². The van der Waals surface area contributed by atoms with Gasteiger partial charge in [0.2, 0.25) is 11.8 Å². The van der Waals surface area contributed by atoms with Crippen LogP contribution in [0.25, 0.3) is 0 Å². The summed E-state index contributed by atoms with van der Waals surface area (Å²) in [6, 6.07) is 15.6. The summed E-state index contributed by atoms with van der Waals surface area (Å²) in [4.78, 5) is 74.2. The second-order valence-electron chi connectivity index (χ2n) is 15.2. The van der Waals surface area contributed by atoms with E-state index in [9.17, 15) is 34.2 Å². The van der Waals surface area contributed by atoms with Crippen LogP contribution < -0.4 is 10.1 Å². The molecule has 0 aromatic heterocycles. The third kappa shape index (κ3) is 12.7. The molecular weight excluding hydrogens is 745 g/mol. The first-order valence-electron chi connectivity index (χ1n) is 19.4. The van der Waals surface area contributed by atoms with Gasteiger partial charge < -0.3 is 39.5 Å². The van der Waals surface area contributed by atoms with Crippen molar-refractivity contribution in [2.75, 3.05) is 42.4 Å². The van der Waals surface area contributed by atoms with E-state index in [-0.39, 0.29) is 24.3 Å². The number of nitrogens with one attached hydrogen (secondary N) is 1. The summed E-state index contributed by atoms with van der Waals surface area (Å²) in [5.74, 6) is -3.22. The number of hydrogen-bond donors (Lipinski definition) is 3. The summed E-state index contributed by atoms with van der Waals surface area (Å²) in [5.41, 5.74) is 2.15. The predicted molar refractivity (Wildman–Crippen MR) is 219 cm³/mol. The molecule has 3 N–H and O–H groups in total. The average molecular weight is 805 g/mol. The highest BCUT2D eigenvalue weighted by Crippen LogP contribution is 2.22. The maximum atomic E-state index is 14.5. The number of benzene rings is 3. The Morgan fingerprint density at radius 3 is 1.52 bits per heavy atom. The van der Waals surface area contributed by atoms with E-state index in [4.69, 9.17) is 14.2 Å². The number of hydrogen-bond acceptors (Lipinski definition) is 11. The molecule has 0 spiro atoms. The predicted octanol–water partition coefficient (Wildman–Crippen LogP) is 3.99. The fraction of sp³-hybridized carbons (Fsp3) is 0.477. The maximum absolute atomic E-state index is 14.5. The van der Waals surface area contributed by atoms with Crippen LogP contribution in [0.2, 0.25) is 0 Å². The molecule has 316 valence electrons. The number of likely N-dealkylation sites (N-methyl/N-ethyl adjacent to an activating group) is 3. The van der Waals surface area contributed by atoms with Crippen molar-refractivity contribution in [3.05, 3.63) is 89.5 Å². The lowest BCUT2D eigenvalue weighted by atomic mass is 9.96. The summed E-state index contributed by atoms with van der Waals surface area (Å²) in [7, 11) is 9.21. The Morgan fingerprint density at radius 1 is 0.638 bits per heavy atom. The van der Waals surface area contributed by atoms with E-state index >= 15 is 0 Å². The average Bonchev–Trinajstić information content (AvgIpc) is 3.21. The maximum Gasteiger partial charge on any atom is 0.328 e. The smallest absolute Gasteiger partial charge is 0.328 e. The van der Waals surface area contributed by atoms with Crippen LogP contribution in [0, 0.1) is 11.8 Å². The van der Waals surface area contributed by atoms with Crippen LogP contribution >= 0.6 is 0 Å². The van der Waals surface area contributed by atoms with E-state index in [1.807, 2.05) is 19.1 Å². The SMILES string of the molecule is CC[C@H](C)[C@H](OC(=O)[C@@H](Cc1ccc(OC)cc1)N(C)C)C(=O)N[C@H](C(=O)N(C)[C@H](Cc1ccc(O)cc1)C(=O)N(C)[C@H](Cc1ccc(O)cc1)C(=O)OC)C(C)C. The van der Waals surface area contributed by atoms with E-state index in [0.29, 0.717) is 29.7 Å². The number of methoxy groups -OCH3 is 2. The van der Waals surface area contributed by atoms with E-state index < -0.39 is 71.8 Å². The van der Waals surface area contributed by atoms with Crippen molar-refractivity contribution in [1.82, 2.24) is 20.0 Å². The monoisotopic (exact) mass is 804 g/mol. The molecular formula is C44H60N4O10. The third-order valence-corrected chi connectivity index (χ3v) is 10.5. The summed E-state index contributed by atoms with van der Waals surface area (Å²) < 4.78 is 16.3. The molecule has 58 heavy (non-hydrogen) atoms. The normalized spacial score (nSPS) is 14.3. The Bertz CT molecular complexity index is 1820. The largest absolute Gasteiger partial charge is 0.508 e. The van der Waals surface area contributed by atoms with Gasteiger partial charge >= 0.3 is 11.9 Å². The fourth-order valence-electron chi connectivity index (χ4n) is 6.43. The molecule has 0 radical (unpaired) electrons. The van der Waals surface area contributed by atoms with Crippen molar-refractivity contribution in [3.63, 3.8) is 0 Å². The van der Waals surface area contributed by atoms with Crippen LogP contribution in [0.3, 0.4) is 0 Å². The summed E-state index contributed by atoms with van der Waals surface area (Å²) in [5, 5.41) is 22.6. The fourth-order valence-corrected chi connectivity index (χ4v) is 6.43. The minimum absolute atomic E-state index is 0.00475. The van der Waals surface area contributed by atoms with Gasteiger partial charge in [0.05, 0.1) is 14.2 Å². The van der Waals surface area contributed by atoms with Crippen LogP contribution in [0.15, 0.2) is 72.8 Å². The number of nitrogens with zero attached hydrogens (tertiary/aromatic N) is 3. The van der Waals surface area contributed by atoms with E-state index in [0.717, 1.165) is 5.56 Å². The number of rotatable bonds is 20. The van der Waals surface area contributed by atoms with Gasteiger partial charge in [0.15, 0.2) is 6.10 Å². The zero-order valence-electron chi connectivity index (χ0n) is 35.3. The summed E-state index contributed by atoms with van der Waals surface area (Å²) in [6.45, 7) is 7.18. The van der Waals surface area contributed by atoms with E-state index in [2.05, 4.69) is 5.32 Å². The topological polar surface area (TPSA) is 175 Å². The number of phenolic OH excluding ortho intramolecular Hbond substituents is 2. The molecule has 14 heteroatoms. The van der Waals surface area contributed by atoms with Crippen LogP contribution in [0.5, 0.6) is 17.2 Å². The third-order valence-electron chi connectivity index (χ3n) is 10.5. The van der Waals surface area contributed by atoms with Crippen LogP contribution in [-0.4, -0.2) is 127 Å². The number of ether oxygens (including phenoxy) is 3. The Balaban J connectivity index is 1.92. The minimum Gasteiger partial charge on any atom is -0.508 e. The van der Waals surface area contributed by atoms with Gasteiger partial charge in [0.1, 0.15) is 41.4 Å². The molecule has 0 fully saturated rings. The summed E-state index contributed by atoms with van der Waals surface area (Å²) in [6.07, 6.45) is -0.341. The Labute approximate surface area is 342 Å². The van der Waals surface area contributed by atoms with Crippen molar-refractivity contribution >= 4 is 29.7 Å². The van der Waals surface area contributed by atoms with Gasteiger partial charge in [0, 0.05) is 32.9 Å². The number of carbonyl (C=O) groups is 5. The zero-order chi connectivity index (χ0) is 43.3. The van der Waals surface area contributed by atoms with Gasteiger partial charge in [0.25, 0.3) is 5.91 Å². The quantitative estimate of drug-likeness (QED) is 0.141. The Kier molecular flexibility index (Phi) is 17.5. The number of phenols is 2. The molecule has 3 amide bonds. The van der Waals surface area contributed by atoms with E-state index in [1.165, 1.54) is 55.3 Å². The molecule has 0 bridgehead atoms. The first kappa shape index (κ1) is 46.8. The van der Waals surface area contributed by atoms with Gasteiger partial charge in [-0.05, 0) is 85.9 Å². The molecule has 0 aliphatic carbocycles. The molecule has 3 aromatic carbocycles. The highest BCUT2D eigenvalue weighted by Gasteiger charge is 2.40. The highest BCUT2D eigenvalue weighted by atomic mass is 16.6. The highest BCUT2D eigenvalue weighted by molar-refractivity contribution is 5.95. The number of aromatic hydroxyl groups is 2. The molecule has 0 saturated heterocycles. The number of esters is 2. The second kappa shape index (κ2) is 21.8. The Morgan fingerprint density at radius 2 is 1.09 bits per heavy atom. The second-order valence-corrected chi connectivity index (χ2v) is 15.2. The molecule has 14 nitrogen and oxygen atoms in total. The molecule has 3 aromatic rings.